The van der Waals surface area contributed by atoms with Gasteiger partial charge >= 0.3 is 0 Å². The summed E-state index contributed by atoms with van der Waals surface area (Å²) in [6.45, 7) is 1.54. The Balaban J connectivity index is 1.85. The fourth-order valence-electron chi connectivity index (χ4n) is 2.53. The molecule has 1 aromatic rings. The molecule has 2 rings (SSSR count). The van der Waals surface area contributed by atoms with E-state index in [1.165, 1.54) is 31.4 Å². The van der Waals surface area contributed by atoms with Crippen LogP contribution in [-0.4, -0.2) is 40.9 Å². The number of nitrogens with zero attached hydrogens (tertiary/aromatic N) is 1. The Morgan fingerprint density at radius 2 is 2.11 bits per heavy atom. The van der Waals surface area contributed by atoms with Gasteiger partial charge < -0.3 is 10.2 Å². The molecule has 1 saturated carbocycles. The van der Waals surface area contributed by atoms with Crippen LogP contribution in [0.25, 0.3) is 0 Å². The van der Waals surface area contributed by atoms with Gasteiger partial charge in [-0.1, -0.05) is 18.6 Å². The molecule has 1 aliphatic carbocycles. The fourth-order valence-corrected chi connectivity index (χ4v) is 2.53. The molecule has 3 nitrogen and oxygen atoms in total. The van der Waals surface area contributed by atoms with Crippen molar-refractivity contribution in [2.24, 2.45) is 0 Å². The van der Waals surface area contributed by atoms with Crippen LogP contribution >= 0.6 is 0 Å². The molecule has 1 aromatic carbocycles. The highest BCUT2D eigenvalue weighted by Crippen LogP contribution is 2.26. The number of halogens is 1. The Morgan fingerprint density at radius 1 is 1.32 bits per heavy atom. The van der Waals surface area contributed by atoms with Crippen LogP contribution in [0.1, 0.15) is 37.4 Å². The Labute approximate surface area is 113 Å². The normalized spacial score (nSPS) is 17.5. The summed E-state index contributed by atoms with van der Waals surface area (Å²) in [7, 11) is 0. The summed E-state index contributed by atoms with van der Waals surface area (Å²) in [6, 6.07) is 6.66. The molecular weight excluding hydrogens is 245 g/mol. The second-order valence-corrected chi connectivity index (χ2v) is 5.20. The van der Waals surface area contributed by atoms with Crippen molar-refractivity contribution in [3.63, 3.8) is 0 Å². The molecule has 0 bridgehead atoms. The number of aliphatic hydroxyl groups excluding tert-OH is 2. The first-order valence-electron chi connectivity index (χ1n) is 6.99. The maximum absolute atomic E-state index is 13.1. The molecule has 0 aromatic heterocycles. The molecular formula is C15H22FNO2. The summed E-state index contributed by atoms with van der Waals surface area (Å²) in [5.41, 5.74) is 0.623. The van der Waals surface area contributed by atoms with Crippen LogP contribution in [-0.2, 0) is 0 Å². The van der Waals surface area contributed by atoms with Crippen LogP contribution in [0, 0.1) is 5.82 Å². The summed E-state index contributed by atoms with van der Waals surface area (Å²) < 4.78 is 13.1. The van der Waals surface area contributed by atoms with Gasteiger partial charge in [-0.2, -0.15) is 0 Å². The van der Waals surface area contributed by atoms with Gasteiger partial charge in [-0.25, -0.2) is 4.39 Å². The van der Waals surface area contributed by atoms with Crippen LogP contribution in [0.2, 0.25) is 0 Å². The number of hydrogen-bond donors (Lipinski definition) is 2. The van der Waals surface area contributed by atoms with Crippen LogP contribution < -0.4 is 0 Å². The molecule has 0 radical (unpaired) electrons. The topological polar surface area (TPSA) is 43.7 Å². The molecule has 0 aliphatic heterocycles. The van der Waals surface area contributed by atoms with E-state index in [-0.39, 0.29) is 12.4 Å². The van der Waals surface area contributed by atoms with E-state index in [2.05, 4.69) is 4.90 Å². The van der Waals surface area contributed by atoms with Crippen LogP contribution in [0.3, 0.4) is 0 Å². The SMILES string of the molecule is OCCN(CCC(O)c1cccc(F)c1)C1CCC1. The van der Waals surface area contributed by atoms with Crippen LogP contribution in [0.4, 0.5) is 4.39 Å². The Kier molecular flexibility index (Phi) is 5.31. The Hall–Kier alpha value is -0.970. The minimum absolute atomic E-state index is 0.145. The molecule has 4 heteroatoms. The minimum Gasteiger partial charge on any atom is -0.395 e. The standard InChI is InChI=1S/C15H22FNO2/c16-13-4-1-3-12(11-13)15(19)7-8-17(9-10-18)14-5-2-6-14/h1,3-4,11,14-15,18-19H,2,5-10H2. The highest BCUT2D eigenvalue weighted by Gasteiger charge is 2.24. The highest BCUT2D eigenvalue weighted by atomic mass is 19.1. The predicted octanol–water partition coefficient (Wildman–Crippen LogP) is 2.10. The largest absolute Gasteiger partial charge is 0.395 e. The summed E-state index contributed by atoms with van der Waals surface area (Å²) in [6.07, 6.45) is 3.53. The van der Waals surface area contributed by atoms with E-state index in [4.69, 9.17) is 5.11 Å². The molecule has 106 valence electrons. The third-order valence-corrected chi connectivity index (χ3v) is 3.90. The van der Waals surface area contributed by atoms with Gasteiger partial charge in [0.25, 0.3) is 0 Å². The van der Waals surface area contributed by atoms with E-state index in [1.54, 1.807) is 12.1 Å². The molecule has 0 saturated heterocycles. The van der Waals surface area contributed by atoms with Crippen molar-refractivity contribution < 1.29 is 14.6 Å². The van der Waals surface area contributed by atoms with E-state index in [0.29, 0.717) is 24.6 Å². The first-order valence-corrected chi connectivity index (χ1v) is 6.99. The van der Waals surface area contributed by atoms with Crippen LogP contribution in [0.5, 0.6) is 0 Å². The summed E-state index contributed by atoms with van der Waals surface area (Å²) in [4.78, 5) is 2.23. The zero-order chi connectivity index (χ0) is 13.7. The van der Waals surface area contributed by atoms with Crippen molar-refractivity contribution in [3.8, 4) is 0 Å². The summed E-state index contributed by atoms with van der Waals surface area (Å²) in [5, 5.41) is 19.1. The lowest BCUT2D eigenvalue weighted by atomic mass is 9.91. The van der Waals surface area contributed by atoms with Gasteiger partial charge in [0, 0.05) is 19.1 Å². The Bertz CT molecular complexity index is 395. The third-order valence-electron chi connectivity index (χ3n) is 3.90. The quantitative estimate of drug-likeness (QED) is 0.795. The molecule has 19 heavy (non-hydrogen) atoms. The van der Waals surface area contributed by atoms with E-state index in [9.17, 15) is 9.50 Å². The van der Waals surface area contributed by atoms with Gasteiger partial charge in [-0.3, -0.25) is 4.90 Å². The minimum atomic E-state index is -0.642. The van der Waals surface area contributed by atoms with Gasteiger partial charge in [0.1, 0.15) is 5.82 Å². The van der Waals surface area contributed by atoms with E-state index >= 15 is 0 Å². The highest BCUT2D eigenvalue weighted by molar-refractivity contribution is 5.18. The van der Waals surface area contributed by atoms with Crippen molar-refractivity contribution in [2.75, 3.05) is 19.7 Å². The summed E-state index contributed by atoms with van der Waals surface area (Å²) in [5.74, 6) is -0.317. The van der Waals surface area contributed by atoms with E-state index < -0.39 is 6.10 Å². The van der Waals surface area contributed by atoms with Crippen LogP contribution in [0.15, 0.2) is 24.3 Å². The lowest BCUT2D eigenvalue weighted by molar-refractivity contribution is 0.0764. The van der Waals surface area contributed by atoms with E-state index in [0.717, 1.165) is 6.54 Å². The number of rotatable bonds is 7. The zero-order valence-corrected chi connectivity index (χ0v) is 11.1. The van der Waals surface area contributed by atoms with Gasteiger partial charge in [0.2, 0.25) is 0 Å². The number of hydrogen-bond acceptors (Lipinski definition) is 3. The molecule has 1 unspecified atom stereocenters. The third kappa shape index (κ3) is 4.00. The molecule has 1 fully saturated rings. The number of benzene rings is 1. The molecule has 1 aliphatic rings. The summed E-state index contributed by atoms with van der Waals surface area (Å²) >= 11 is 0. The van der Waals surface area contributed by atoms with Crippen molar-refractivity contribution >= 4 is 0 Å². The fraction of sp³-hybridized carbons (Fsp3) is 0.600. The maximum atomic E-state index is 13.1. The molecule has 0 amide bonds. The Morgan fingerprint density at radius 3 is 2.68 bits per heavy atom. The molecule has 0 heterocycles. The van der Waals surface area contributed by atoms with Gasteiger partial charge in [0.15, 0.2) is 0 Å². The van der Waals surface area contributed by atoms with Crippen molar-refractivity contribution in [2.45, 2.75) is 37.8 Å². The molecule has 0 spiro atoms. The monoisotopic (exact) mass is 267 g/mol. The van der Waals surface area contributed by atoms with Gasteiger partial charge in [-0.05, 0) is 37.0 Å². The lowest BCUT2D eigenvalue weighted by Crippen LogP contribution is -2.42. The first-order chi connectivity index (χ1) is 9.20. The average molecular weight is 267 g/mol. The van der Waals surface area contributed by atoms with Crippen molar-refractivity contribution in [1.29, 1.82) is 0 Å². The molecule has 1 atom stereocenters. The van der Waals surface area contributed by atoms with E-state index in [1.807, 2.05) is 0 Å². The van der Waals surface area contributed by atoms with Gasteiger partial charge in [-0.15, -0.1) is 0 Å². The lowest BCUT2D eigenvalue weighted by Gasteiger charge is -2.37. The first kappa shape index (κ1) is 14.4. The number of aliphatic hydroxyl groups is 2. The maximum Gasteiger partial charge on any atom is 0.123 e. The zero-order valence-electron chi connectivity index (χ0n) is 11.1. The molecule has 2 N–H and O–H groups in total. The van der Waals surface area contributed by atoms with Gasteiger partial charge in [0.05, 0.1) is 12.7 Å². The average Bonchev–Trinajstić information content (AvgIpc) is 2.33. The second-order valence-electron chi connectivity index (χ2n) is 5.20. The van der Waals surface area contributed by atoms with Crippen molar-refractivity contribution in [1.82, 2.24) is 4.90 Å². The smallest absolute Gasteiger partial charge is 0.123 e. The second kappa shape index (κ2) is 6.98. The predicted molar refractivity (Wildman–Crippen MR) is 72.3 cm³/mol. The van der Waals surface area contributed by atoms with Crippen molar-refractivity contribution in [3.05, 3.63) is 35.6 Å².